The number of nitro benzene ring substituents is 1. The topological polar surface area (TPSA) is 84.7 Å². The number of ether oxygens (including phenoxy) is 1. The first-order valence-corrected chi connectivity index (χ1v) is 7.91. The van der Waals surface area contributed by atoms with Gasteiger partial charge in [-0.1, -0.05) is 11.6 Å². The number of piperidine rings is 1. The van der Waals surface area contributed by atoms with Gasteiger partial charge in [-0.25, -0.2) is 0 Å². The number of hydrogen-bond donors (Lipinski definition) is 1. The summed E-state index contributed by atoms with van der Waals surface area (Å²) < 4.78 is 5.40. The van der Waals surface area contributed by atoms with Crippen LogP contribution in [-0.4, -0.2) is 48.5 Å². The summed E-state index contributed by atoms with van der Waals surface area (Å²) in [5.74, 6) is 0.136. The summed E-state index contributed by atoms with van der Waals surface area (Å²) in [6.45, 7) is 1.56. The zero-order chi connectivity index (χ0) is 16.8. The van der Waals surface area contributed by atoms with E-state index in [1.807, 2.05) is 11.9 Å². The third-order valence-electron chi connectivity index (χ3n) is 3.95. The molecule has 1 heterocycles. The van der Waals surface area contributed by atoms with Gasteiger partial charge >= 0.3 is 5.69 Å². The van der Waals surface area contributed by atoms with Crippen molar-refractivity contribution in [3.05, 3.63) is 33.3 Å². The molecule has 1 saturated heterocycles. The molecule has 0 atom stereocenters. The van der Waals surface area contributed by atoms with E-state index in [1.54, 1.807) is 0 Å². The molecule has 1 fully saturated rings. The molecule has 7 nitrogen and oxygen atoms in total. The summed E-state index contributed by atoms with van der Waals surface area (Å²) in [7, 11) is 1.93. The number of nitrogens with one attached hydrogen (secondary N) is 1. The Morgan fingerprint density at radius 1 is 1.46 bits per heavy atom. The number of benzene rings is 1. The number of carbonyl (C=O) groups excluding carboxylic acids is 1. The first-order chi connectivity index (χ1) is 11.0. The second kappa shape index (κ2) is 9.66. The van der Waals surface area contributed by atoms with E-state index in [2.05, 4.69) is 5.32 Å². The molecule has 9 heteroatoms. The minimum absolute atomic E-state index is 0. The van der Waals surface area contributed by atoms with Crippen molar-refractivity contribution >= 4 is 35.6 Å². The highest BCUT2D eigenvalue weighted by atomic mass is 35.5. The Balaban J connectivity index is 0.00000288. The highest BCUT2D eigenvalue weighted by molar-refractivity contribution is 6.30. The van der Waals surface area contributed by atoms with Crippen LogP contribution in [0.5, 0.6) is 5.75 Å². The van der Waals surface area contributed by atoms with Gasteiger partial charge in [0.15, 0.2) is 5.75 Å². The van der Waals surface area contributed by atoms with Crippen molar-refractivity contribution in [3.63, 3.8) is 0 Å². The third-order valence-corrected chi connectivity index (χ3v) is 4.18. The Morgan fingerprint density at radius 2 is 2.12 bits per heavy atom. The van der Waals surface area contributed by atoms with Gasteiger partial charge in [0.1, 0.15) is 0 Å². The van der Waals surface area contributed by atoms with Crippen molar-refractivity contribution < 1.29 is 14.5 Å². The Bertz CT molecular complexity index is 578. The van der Waals surface area contributed by atoms with Gasteiger partial charge in [-0.2, -0.15) is 0 Å². The number of rotatable bonds is 6. The smallest absolute Gasteiger partial charge is 0.312 e. The van der Waals surface area contributed by atoms with E-state index in [4.69, 9.17) is 16.3 Å². The van der Waals surface area contributed by atoms with Crippen LogP contribution in [0.1, 0.15) is 19.3 Å². The third kappa shape index (κ3) is 5.51. The SMILES string of the molecule is CNC1CCN(C(=O)CCOc2ccc(Cl)cc2[N+](=O)[O-])CC1.Cl. The quantitative estimate of drug-likeness (QED) is 0.608. The molecule has 0 bridgehead atoms. The van der Waals surface area contributed by atoms with Gasteiger partial charge in [0.25, 0.3) is 0 Å². The Labute approximate surface area is 151 Å². The molecule has 1 aliphatic heterocycles. The molecular formula is C15H21Cl2N3O4. The van der Waals surface area contributed by atoms with E-state index in [1.165, 1.54) is 18.2 Å². The summed E-state index contributed by atoms with van der Waals surface area (Å²) in [5.41, 5.74) is -0.195. The van der Waals surface area contributed by atoms with Crippen LogP contribution in [0.2, 0.25) is 5.02 Å². The molecule has 0 aliphatic carbocycles. The summed E-state index contributed by atoms with van der Waals surface area (Å²) in [4.78, 5) is 24.4. The van der Waals surface area contributed by atoms with Crippen LogP contribution in [0.3, 0.4) is 0 Å². The minimum atomic E-state index is -0.550. The van der Waals surface area contributed by atoms with Gasteiger partial charge < -0.3 is 15.0 Å². The van der Waals surface area contributed by atoms with Crippen molar-refractivity contribution in [2.45, 2.75) is 25.3 Å². The first-order valence-electron chi connectivity index (χ1n) is 7.53. The molecule has 0 saturated carbocycles. The van der Waals surface area contributed by atoms with Gasteiger partial charge in [0.05, 0.1) is 18.0 Å². The van der Waals surface area contributed by atoms with Gasteiger partial charge in [0, 0.05) is 30.2 Å². The van der Waals surface area contributed by atoms with E-state index >= 15 is 0 Å². The monoisotopic (exact) mass is 377 g/mol. The van der Waals surface area contributed by atoms with Gasteiger partial charge in [-0.3, -0.25) is 14.9 Å². The maximum absolute atomic E-state index is 12.1. The predicted molar refractivity (Wildman–Crippen MR) is 94.1 cm³/mol. The molecule has 0 aromatic heterocycles. The lowest BCUT2D eigenvalue weighted by Gasteiger charge is -2.31. The summed E-state index contributed by atoms with van der Waals surface area (Å²) in [6, 6.07) is 4.67. The standard InChI is InChI=1S/C15H20ClN3O4.ClH/c1-17-12-4-7-18(8-5-12)15(20)6-9-23-14-3-2-11(16)10-13(14)19(21)22;/h2-3,10,12,17H,4-9H2,1H3;1H. The predicted octanol–water partition coefficient (Wildman–Crippen LogP) is 2.65. The van der Waals surface area contributed by atoms with Crippen molar-refractivity contribution in [2.75, 3.05) is 26.7 Å². The van der Waals surface area contributed by atoms with Crippen LogP contribution >= 0.6 is 24.0 Å². The molecule has 134 valence electrons. The van der Waals surface area contributed by atoms with E-state index in [0.717, 1.165) is 25.9 Å². The van der Waals surface area contributed by atoms with Crippen LogP contribution in [0.25, 0.3) is 0 Å². The maximum Gasteiger partial charge on any atom is 0.312 e. The van der Waals surface area contributed by atoms with E-state index in [-0.39, 0.29) is 47.8 Å². The summed E-state index contributed by atoms with van der Waals surface area (Å²) in [5, 5.41) is 14.4. The number of amides is 1. The Kier molecular flexibility index (Phi) is 8.24. The molecular weight excluding hydrogens is 357 g/mol. The first kappa shape index (κ1) is 20.5. The second-order valence-electron chi connectivity index (χ2n) is 5.41. The van der Waals surface area contributed by atoms with Crippen LogP contribution in [0, 0.1) is 10.1 Å². The lowest BCUT2D eigenvalue weighted by molar-refractivity contribution is -0.385. The van der Waals surface area contributed by atoms with Crippen LogP contribution < -0.4 is 10.1 Å². The molecule has 2 rings (SSSR count). The number of nitrogens with zero attached hydrogens (tertiary/aromatic N) is 2. The summed E-state index contributed by atoms with van der Waals surface area (Å²) >= 11 is 5.74. The van der Waals surface area contributed by atoms with E-state index in [0.29, 0.717) is 6.04 Å². The number of nitro groups is 1. The van der Waals surface area contributed by atoms with Gasteiger partial charge in [0.2, 0.25) is 5.91 Å². The zero-order valence-corrected chi connectivity index (χ0v) is 14.9. The average Bonchev–Trinajstić information content (AvgIpc) is 2.56. The lowest BCUT2D eigenvalue weighted by atomic mass is 10.1. The molecule has 0 radical (unpaired) electrons. The van der Waals surface area contributed by atoms with Crippen molar-refractivity contribution in [3.8, 4) is 5.75 Å². The number of hydrogen-bond acceptors (Lipinski definition) is 5. The average molecular weight is 378 g/mol. The Morgan fingerprint density at radius 3 is 2.71 bits per heavy atom. The zero-order valence-electron chi connectivity index (χ0n) is 13.4. The molecule has 1 aliphatic rings. The number of carbonyl (C=O) groups is 1. The Hall–Kier alpha value is -1.57. The van der Waals surface area contributed by atoms with Crippen molar-refractivity contribution in [2.24, 2.45) is 0 Å². The van der Waals surface area contributed by atoms with Crippen LogP contribution in [0.15, 0.2) is 18.2 Å². The minimum Gasteiger partial charge on any atom is -0.486 e. The maximum atomic E-state index is 12.1. The lowest BCUT2D eigenvalue weighted by Crippen LogP contribution is -2.44. The number of halogens is 2. The highest BCUT2D eigenvalue weighted by Crippen LogP contribution is 2.29. The van der Waals surface area contributed by atoms with Crippen molar-refractivity contribution in [1.29, 1.82) is 0 Å². The molecule has 0 unspecified atom stereocenters. The fraction of sp³-hybridized carbons (Fsp3) is 0.533. The van der Waals surface area contributed by atoms with Crippen LogP contribution in [0.4, 0.5) is 5.69 Å². The molecule has 1 N–H and O–H groups in total. The van der Waals surface area contributed by atoms with E-state index in [9.17, 15) is 14.9 Å². The normalized spacial score (nSPS) is 14.8. The summed E-state index contributed by atoms with van der Waals surface area (Å²) in [6.07, 6.45) is 2.07. The fourth-order valence-electron chi connectivity index (χ4n) is 2.58. The van der Waals surface area contributed by atoms with E-state index < -0.39 is 4.92 Å². The fourth-order valence-corrected chi connectivity index (χ4v) is 2.75. The van der Waals surface area contributed by atoms with Gasteiger partial charge in [-0.05, 0) is 32.0 Å². The second-order valence-corrected chi connectivity index (χ2v) is 5.85. The molecule has 1 amide bonds. The highest BCUT2D eigenvalue weighted by Gasteiger charge is 2.22. The largest absolute Gasteiger partial charge is 0.486 e. The molecule has 1 aromatic carbocycles. The van der Waals surface area contributed by atoms with Gasteiger partial charge in [-0.15, -0.1) is 12.4 Å². The molecule has 24 heavy (non-hydrogen) atoms. The van der Waals surface area contributed by atoms with Crippen LogP contribution in [-0.2, 0) is 4.79 Å². The molecule has 0 spiro atoms. The molecule has 1 aromatic rings. The number of likely N-dealkylation sites (tertiary alicyclic amines) is 1. The van der Waals surface area contributed by atoms with Crippen molar-refractivity contribution in [1.82, 2.24) is 10.2 Å².